The van der Waals surface area contributed by atoms with Crippen molar-refractivity contribution in [3.63, 3.8) is 0 Å². The van der Waals surface area contributed by atoms with Crippen LogP contribution in [0.25, 0.3) is 0 Å². The van der Waals surface area contributed by atoms with Crippen LogP contribution in [0.2, 0.25) is 0 Å². The van der Waals surface area contributed by atoms with Gasteiger partial charge < -0.3 is 20.1 Å². The van der Waals surface area contributed by atoms with Crippen molar-refractivity contribution in [2.75, 3.05) is 26.3 Å². The van der Waals surface area contributed by atoms with Gasteiger partial charge in [-0.05, 0) is 25.7 Å². The molecule has 2 amide bonds. The van der Waals surface area contributed by atoms with E-state index in [2.05, 4.69) is 24.5 Å². The molecule has 0 atom stereocenters. The summed E-state index contributed by atoms with van der Waals surface area (Å²) in [6, 6.07) is 0. The first-order valence-electron chi connectivity index (χ1n) is 15.5. The van der Waals surface area contributed by atoms with Crippen LogP contribution in [0.4, 0.5) is 9.59 Å². The Bertz CT molecular complexity index is 432. The smallest absolute Gasteiger partial charge is 0.407 e. The second kappa shape index (κ2) is 29.8. The summed E-state index contributed by atoms with van der Waals surface area (Å²) in [5, 5.41) is 5.70. The third-order valence-electron chi connectivity index (χ3n) is 6.60. The van der Waals surface area contributed by atoms with E-state index in [0.29, 0.717) is 13.2 Å². The Morgan fingerprint density at radius 2 is 0.694 bits per heavy atom. The SMILES string of the molecule is CCCCCCCCNC(=O)OCCCCCCCCCCCCOC(=O)NCCCCCCCC. The maximum Gasteiger partial charge on any atom is 0.407 e. The predicted octanol–water partition coefficient (Wildman–Crippen LogP) is 9.06. The molecule has 0 bridgehead atoms. The van der Waals surface area contributed by atoms with Crippen molar-refractivity contribution in [3.8, 4) is 0 Å². The van der Waals surface area contributed by atoms with Gasteiger partial charge in [0.25, 0.3) is 0 Å². The standard InChI is InChI=1S/C30H60N2O4/c1-3-5-7-9-17-21-25-31-29(33)35-27-23-19-15-13-11-12-14-16-20-24-28-36-30(34)32-26-22-18-10-8-6-4-2/h3-28H2,1-2H3,(H,31,33)(H,32,34). The lowest BCUT2D eigenvalue weighted by molar-refractivity contribution is 0.142. The maximum atomic E-state index is 11.6. The molecule has 0 rings (SSSR count). The van der Waals surface area contributed by atoms with Gasteiger partial charge in [-0.25, -0.2) is 9.59 Å². The molecule has 36 heavy (non-hydrogen) atoms. The highest BCUT2D eigenvalue weighted by Crippen LogP contribution is 2.11. The van der Waals surface area contributed by atoms with Gasteiger partial charge in [0, 0.05) is 13.1 Å². The normalized spacial score (nSPS) is 10.8. The number of nitrogens with one attached hydrogen (secondary N) is 2. The number of carbonyl (C=O) groups is 2. The lowest BCUT2D eigenvalue weighted by Crippen LogP contribution is -2.25. The average Bonchev–Trinajstić information content (AvgIpc) is 2.87. The van der Waals surface area contributed by atoms with E-state index in [1.54, 1.807) is 0 Å². The molecule has 214 valence electrons. The molecule has 0 aliphatic carbocycles. The fraction of sp³-hybridized carbons (Fsp3) is 0.933. The van der Waals surface area contributed by atoms with Gasteiger partial charge in [-0.3, -0.25) is 0 Å². The van der Waals surface area contributed by atoms with Crippen molar-refractivity contribution in [1.29, 1.82) is 0 Å². The molecular formula is C30H60N2O4. The van der Waals surface area contributed by atoms with Crippen LogP contribution < -0.4 is 10.6 Å². The topological polar surface area (TPSA) is 76.7 Å². The predicted molar refractivity (Wildman–Crippen MR) is 152 cm³/mol. The maximum absolute atomic E-state index is 11.6. The first-order valence-corrected chi connectivity index (χ1v) is 15.5. The number of hydrogen-bond donors (Lipinski definition) is 2. The molecule has 0 spiro atoms. The van der Waals surface area contributed by atoms with Gasteiger partial charge in [0.1, 0.15) is 0 Å². The highest BCUT2D eigenvalue weighted by Gasteiger charge is 2.02. The number of alkyl carbamates (subject to hydrolysis) is 2. The van der Waals surface area contributed by atoms with E-state index in [9.17, 15) is 9.59 Å². The third kappa shape index (κ3) is 28.8. The van der Waals surface area contributed by atoms with Crippen LogP contribution in [0.5, 0.6) is 0 Å². The summed E-state index contributed by atoms with van der Waals surface area (Å²) in [6.45, 7) is 6.96. The van der Waals surface area contributed by atoms with Crippen LogP contribution in [0.3, 0.4) is 0 Å². The average molecular weight is 513 g/mol. The van der Waals surface area contributed by atoms with Gasteiger partial charge in [-0.1, -0.05) is 129 Å². The zero-order valence-corrected chi connectivity index (χ0v) is 24.0. The zero-order chi connectivity index (χ0) is 26.4. The number of carbonyl (C=O) groups excluding carboxylic acids is 2. The van der Waals surface area contributed by atoms with Gasteiger partial charge in [0.05, 0.1) is 13.2 Å². The van der Waals surface area contributed by atoms with Crippen LogP contribution in [0.1, 0.15) is 155 Å². The molecule has 0 saturated heterocycles. The van der Waals surface area contributed by atoms with Crippen LogP contribution in [-0.2, 0) is 9.47 Å². The number of amides is 2. The summed E-state index contributed by atoms with van der Waals surface area (Å²) in [5.41, 5.74) is 0. The van der Waals surface area contributed by atoms with E-state index in [1.807, 2.05) is 0 Å². The number of ether oxygens (including phenoxy) is 2. The monoisotopic (exact) mass is 512 g/mol. The second-order valence-electron chi connectivity index (χ2n) is 10.2. The van der Waals surface area contributed by atoms with Crippen molar-refractivity contribution >= 4 is 12.2 Å². The fourth-order valence-corrected chi connectivity index (χ4v) is 4.24. The van der Waals surface area contributed by atoms with Crippen LogP contribution in [0.15, 0.2) is 0 Å². The Labute approximate surface area is 223 Å². The molecule has 2 N–H and O–H groups in total. The van der Waals surface area contributed by atoms with Crippen LogP contribution >= 0.6 is 0 Å². The highest BCUT2D eigenvalue weighted by molar-refractivity contribution is 5.67. The first-order chi connectivity index (χ1) is 17.7. The minimum atomic E-state index is -0.261. The summed E-state index contributed by atoms with van der Waals surface area (Å²) in [4.78, 5) is 23.3. The molecule has 0 radical (unpaired) electrons. The van der Waals surface area contributed by atoms with Crippen LogP contribution in [0, 0.1) is 0 Å². The summed E-state index contributed by atoms with van der Waals surface area (Å²) >= 11 is 0. The lowest BCUT2D eigenvalue weighted by atomic mass is 10.1. The van der Waals surface area contributed by atoms with E-state index < -0.39 is 0 Å². The Hall–Kier alpha value is -1.46. The zero-order valence-electron chi connectivity index (χ0n) is 24.0. The molecular weight excluding hydrogens is 452 g/mol. The molecule has 0 aromatic carbocycles. The molecule has 6 heteroatoms. The molecule has 0 fully saturated rings. The van der Waals surface area contributed by atoms with Crippen molar-refractivity contribution in [2.24, 2.45) is 0 Å². The molecule has 0 aromatic rings. The molecule has 0 saturated carbocycles. The van der Waals surface area contributed by atoms with Gasteiger partial charge >= 0.3 is 12.2 Å². The number of rotatable bonds is 27. The van der Waals surface area contributed by atoms with Crippen molar-refractivity contribution < 1.29 is 19.1 Å². The van der Waals surface area contributed by atoms with Crippen molar-refractivity contribution in [1.82, 2.24) is 10.6 Å². The summed E-state index contributed by atoms with van der Waals surface area (Å²) in [6.07, 6.45) is 25.9. The van der Waals surface area contributed by atoms with Gasteiger partial charge in [0.15, 0.2) is 0 Å². The van der Waals surface area contributed by atoms with Gasteiger partial charge in [-0.2, -0.15) is 0 Å². The van der Waals surface area contributed by atoms with E-state index in [0.717, 1.165) is 51.6 Å². The van der Waals surface area contributed by atoms with E-state index in [4.69, 9.17) is 9.47 Å². The molecule has 0 heterocycles. The minimum Gasteiger partial charge on any atom is -0.450 e. The number of unbranched alkanes of at least 4 members (excludes halogenated alkanes) is 19. The Kier molecular flexibility index (Phi) is 28.6. The molecule has 0 aliphatic rings. The Morgan fingerprint density at radius 3 is 1.03 bits per heavy atom. The summed E-state index contributed by atoms with van der Waals surface area (Å²) < 4.78 is 10.5. The van der Waals surface area contributed by atoms with Crippen molar-refractivity contribution in [3.05, 3.63) is 0 Å². The minimum absolute atomic E-state index is 0.261. The third-order valence-corrected chi connectivity index (χ3v) is 6.60. The van der Waals surface area contributed by atoms with Crippen molar-refractivity contribution in [2.45, 2.75) is 155 Å². The largest absolute Gasteiger partial charge is 0.450 e. The van der Waals surface area contributed by atoms with E-state index in [1.165, 1.54) is 103 Å². The Balaban J connectivity index is 3.20. The first kappa shape index (κ1) is 34.5. The highest BCUT2D eigenvalue weighted by atomic mass is 16.6. The molecule has 0 unspecified atom stereocenters. The quantitative estimate of drug-likeness (QED) is 0.108. The summed E-state index contributed by atoms with van der Waals surface area (Å²) in [5.74, 6) is 0. The van der Waals surface area contributed by atoms with Gasteiger partial charge in [-0.15, -0.1) is 0 Å². The van der Waals surface area contributed by atoms with E-state index in [-0.39, 0.29) is 12.2 Å². The van der Waals surface area contributed by atoms with E-state index >= 15 is 0 Å². The Morgan fingerprint density at radius 1 is 0.417 bits per heavy atom. The second-order valence-corrected chi connectivity index (χ2v) is 10.2. The summed E-state index contributed by atoms with van der Waals surface area (Å²) in [7, 11) is 0. The fourth-order valence-electron chi connectivity index (χ4n) is 4.24. The van der Waals surface area contributed by atoms with Gasteiger partial charge in [0.2, 0.25) is 0 Å². The molecule has 0 aliphatic heterocycles. The lowest BCUT2D eigenvalue weighted by Gasteiger charge is -2.07. The van der Waals surface area contributed by atoms with Crippen LogP contribution in [-0.4, -0.2) is 38.5 Å². The molecule has 0 aromatic heterocycles. The number of hydrogen-bond acceptors (Lipinski definition) is 4. The molecule has 6 nitrogen and oxygen atoms in total.